The summed E-state index contributed by atoms with van der Waals surface area (Å²) in [4.78, 5) is 25.0. The highest BCUT2D eigenvalue weighted by molar-refractivity contribution is 5.99. The number of carbonyl (C=O) groups excluding carboxylic acids is 2. The Hall–Kier alpha value is -3.02. The normalized spacial score (nSPS) is 10.3. The minimum absolute atomic E-state index is 0.0662. The first-order valence-corrected chi connectivity index (χ1v) is 8.22. The fourth-order valence-electron chi connectivity index (χ4n) is 2.29. The summed E-state index contributed by atoms with van der Waals surface area (Å²) in [5.74, 6) is -0.634. The summed E-state index contributed by atoms with van der Waals surface area (Å²) < 4.78 is 0. The van der Waals surface area contributed by atoms with Gasteiger partial charge in [0.1, 0.15) is 11.5 Å². The van der Waals surface area contributed by atoms with Gasteiger partial charge < -0.3 is 10.2 Å². The van der Waals surface area contributed by atoms with Gasteiger partial charge in [0.15, 0.2) is 0 Å². The molecule has 2 rings (SSSR count). The van der Waals surface area contributed by atoms with Crippen LogP contribution in [0.2, 0.25) is 0 Å². The zero-order valence-electron chi connectivity index (χ0n) is 14.1. The van der Waals surface area contributed by atoms with E-state index in [0.717, 1.165) is 19.3 Å². The summed E-state index contributed by atoms with van der Waals surface area (Å²) >= 11 is 0. The maximum Gasteiger partial charge on any atom is 0.272 e. The van der Waals surface area contributed by atoms with Gasteiger partial charge in [-0.15, -0.1) is 0 Å². The van der Waals surface area contributed by atoms with Crippen molar-refractivity contribution in [1.29, 1.82) is 0 Å². The van der Waals surface area contributed by atoms with Crippen LogP contribution in [0.15, 0.2) is 48.5 Å². The van der Waals surface area contributed by atoms with Crippen LogP contribution in [0.4, 0.5) is 0 Å². The van der Waals surface area contributed by atoms with E-state index < -0.39 is 5.91 Å². The molecular weight excluding hydrogens is 320 g/mol. The van der Waals surface area contributed by atoms with Gasteiger partial charge in [-0.1, -0.05) is 19.8 Å². The molecule has 6 heteroatoms. The van der Waals surface area contributed by atoms with Gasteiger partial charge in [-0.3, -0.25) is 15.0 Å². The fourth-order valence-corrected chi connectivity index (χ4v) is 2.29. The first kappa shape index (κ1) is 18.3. The lowest BCUT2D eigenvalue weighted by Gasteiger charge is -2.23. The molecule has 0 heterocycles. The molecule has 25 heavy (non-hydrogen) atoms. The van der Waals surface area contributed by atoms with Gasteiger partial charge in [0.05, 0.1) is 0 Å². The highest BCUT2D eigenvalue weighted by atomic mass is 16.3. The molecule has 2 amide bonds. The monoisotopic (exact) mass is 342 g/mol. The Morgan fingerprint density at radius 1 is 0.880 bits per heavy atom. The quantitative estimate of drug-likeness (QED) is 0.556. The van der Waals surface area contributed by atoms with E-state index in [4.69, 9.17) is 0 Å². The summed E-state index contributed by atoms with van der Waals surface area (Å²) in [6.45, 7) is 2.44. The number of hydrazine groups is 1. The third-order valence-corrected chi connectivity index (χ3v) is 3.71. The molecular formula is C19H22N2O4. The first-order valence-electron chi connectivity index (χ1n) is 8.22. The van der Waals surface area contributed by atoms with E-state index in [1.54, 1.807) is 0 Å². The highest BCUT2D eigenvalue weighted by Crippen LogP contribution is 2.13. The van der Waals surface area contributed by atoms with E-state index in [0.29, 0.717) is 17.7 Å². The highest BCUT2D eigenvalue weighted by Gasteiger charge is 2.18. The van der Waals surface area contributed by atoms with E-state index in [2.05, 4.69) is 12.3 Å². The Morgan fingerprint density at radius 3 is 1.92 bits per heavy atom. The molecule has 0 fully saturated rings. The van der Waals surface area contributed by atoms with E-state index in [9.17, 15) is 19.8 Å². The van der Waals surface area contributed by atoms with Gasteiger partial charge in [-0.2, -0.15) is 0 Å². The number of rotatable bonds is 6. The smallest absolute Gasteiger partial charge is 0.272 e. The van der Waals surface area contributed by atoms with Gasteiger partial charge in [0.2, 0.25) is 0 Å². The van der Waals surface area contributed by atoms with Crippen molar-refractivity contribution in [3.05, 3.63) is 59.7 Å². The molecule has 0 spiro atoms. The number of nitrogens with one attached hydrogen (secondary N) is 1. The van der Waals surface area contributed by atoms with Crippen LogP contribution >= 0.6 is 0 Å². The van der Waals surface area contributed by atoms with Crippen molar-refractivity contribution in [2.24, 2.45) is 0 Å². The van der Waals surface area contributed by atoms with Crippen LogP contribution in [0.25, 0.3) is 0 Å². The summed E-state index contributed by atoms with van der Waals surface area (Å²) in [7, 11) is 0. The lowest BCUT2D eigenvalue weighted by atomic mass is 10.2. The zero-order valence-corrected chi connectivity index (χ0v) is 14.1. The Morgan fingerprint density at radius 2 is 1.40 bits per heavy atom. The lowest BCUT2D eigenvalue weighted by Crippen LogP contribution is -2.46. The average molecular weight is 342 g/mol. The first-order chi connectivity index (χ1) is 12.0. The van der Waals surface area contributed by atoms with Crippen molar-refractivity contribution >= 4 is 11.8 Å². The second-order valence-electron chi connectivity index (χ2n) is 5.70. The minimum atomic E-state index is -0.427. The molecule has 0 aliphatic carbocycles. The fraction of sp³-hybridized carbons (Fsp3) is 0.263. The second-order valence-corrected chi connectivity index (χ2v) is 5.70. The predicted octanol–water partition coefficient (Wildman–Crippen LogP) is 3.08. The Bertz CT molecular complexity index is 711. The summed E-state index contributed by atoms with van der Waals surface area (Å²) in [5, 5.41) is 19.9. The molecule has 2 aromatic rings. The topological polar surface area (TPSA) is 89.9 Å². The van der Waals surface area contributed by atoms with Crippen LogP contribution in [-0.2, 0) is 0 Å². The van der Waals surface area contributed by atoms with Crippen molar-refractivity contribution in [3.63, 3.8) is 0 Å². The van der Waals surface area contributed by atoms with Gasteiger partial charge in [0, 0.05) is 17.7 Å². The molecule has 6 nitrogen and oxygen atoms in total. The third-order valence-electron chi connectivity index (χ3n) is 3.71. The van der Waals surface area contributed by atoms with Crippen LogP contribution < -0.4 is 5.43 Å². The van der Waals surface area contributed by atoms with Crippen molar-refractivity contribution in [3.8, 4) is 11.5 Å². The second kappa shape index (κ2) is 8.73. The molecule has 3 N–H and O–H groups in total. The Kier molecular flexibility index (Phi) is 6.39. The van der Waals surface area contributed by atoms with Crippen molar-refractivity contribution in [2.45, 2.75) is 26.2 Å². The molecule has 0 saturated heterocycles. The standard InChI is InChI=1S/C19H22N2O4/c1-2-3-4-13-21(19(25)15-7-11-17(23)12-8-15)20-18(24)14-5-9-16(22)10-6-14/h5-12,22-23H,2-4,13H2,1H3,(H,20,24). The van der Waals surface area contributed by atoms with Crippen LogP contribution in [0.3, 0.4) is 0 Å². The van der Waals surface area contributed by atoms with Gasteiger partial charge >= 0.3 is 0 Å². The number of nitrogens with zero attached hydrogens (tertiary/aromatic N) is 1. The Balaban J connectivity index is 2.13. The van der Waals surface area contributed by atoms with Crippen LogP contribution in [0.5, 0.6) is 11.5 Å². The predicted molar refractivity (Wildman–Crippen MR) is 94.2 cm³/mol. The lowest BCUT2D eigenvalue weighted by molar-refractivity contribution is 0.0579. The Labute approximate surface area is 146 Å². The van der Waals surface area contributed by atoms with Crippen molar-refractivity contribution < 1.29 is 19.8 Å². The zero-order chi connectivity index (χ0) is 18.2. The van der Waals surface area contributed by atoms with Crippen LogP contribution in [0.1, 0.15) is 46.9 Å². The van der Waals surface area contributed by atoms with Crippen molar-refractivity contribution in [2.75, 3.05) is 6.54 Å². The summed E-state index contributed by atoms with van der Waals surface area (Å²) in [6, 6.07) is 11.7. The maximum absolute atomic E-state index is 12.7. The molecule has 0 aliphatic heterocycles. The number of phenols is 2. The number of phenolic OH excluding ortho intramolecular Hbond substituents is 2. The van der Waals surface area contributed by atoms with Gasteiger partial charge in [-0.25, -0.2) is 5.01 Å². The van der Waals surface area contributed by atoms with E-state index >= 15 is 0 Å². The van der Waals surface area contributed by atoms with Gasteiger partial charge in [-0.05, 0) is 55.0 Å². The SMILES string of the molecule is CCCCCN(NC(=O)c1ccc(O)cc1)C(=O)c1ccc(O)cc1. The number of hydrogen-bond donors (Lipinski definition) is 3. The molecule has 0 aromatic heterocycles. The number of hydrogen-bond acceptors (Lipinski definition) is 4. The van der Waals surface area contributed by atoms with E-state index in [1.807, 2.05) is 0 Å². The molecule has 0 bridgehead atoms. The summed E-state index contributed by atoms with van der Waals surface area (Å²) in [5.41, 5.74) is 3.34. The minimum Gasteiger partial charge on any atom is -0.508 e. The number of aromatic hydroxyl groups is 2. The van der Waals surface area contributed by atoms with Gasteiger partial charge in [0.25, 0.3) is 11.8 Å². The largest absolute Gasteiger partial charge is 0.508 e. The molecule has 0 saturated carbocycles. The molecule has 0 unspecified atom stereocenters. The average Bonchev–Trinajstić information content (AvgIpc) is 2.61. The number of carbonyl (C=O) groups is 2. The number of benzene rings is 2. The molecule has 0 radical (unpaired) electrons. The van der Waals surface area contributed by atoms with Crippen LogP contribution in [0, 0.1) is 0 Å². The van der Waals surface area contributed by atoms with E-state index in [-0.39, 0.29) is 17.4 Å². The maximum atomic E-state index is 12.7. The summed E-state index contributed by atoms with van der Waals surface area (Å²) in [6.07, 6.45) is 2.69. The molecule has 0 atom stereocenters. The molecule has 0 aliphatic rings. The molecule has 2 aromatic carbocycles. The van der Waals surface area contributed by atoms with E-state index in [1.165, 1.54) is 53.5 Å². The molecule has 132 valence electrons. The van der Waals surface area contributed by atoms with Crippen molar-refractivity contribution in [1.82, 2.24) is 10.4 Å². The number of unbranched alkanes of at least 4 members (excludes halogenated alkanes) is 2. The third kappa shape index (κ3) is 5.24. The number of amides is 2. The van der Waals surface area contributed by atoms with Crippen LogP contribution in [-0.4, -0.2) is 33.6 Å².